The molecule has 0 unspecified atom stereocenters. The van der Waals surface area contributed by atoms with Gasteiger partial charge >= 0.3 is 0 Å². The van der Waals surface area contributed by atoms with Crippen molar-refractivity contribution in [3.8, 4) is 17.2 Å². The highest BCUT2D eigenvalue weighted by molar-refractivity contribution is 5.53. The number of rotatable bonds is 3. The molecule has 4 heteroatoms. The zero-order valence-electron chi connectivity index (χ0n) is 10.1. The van der Waals surface area contributed by atoms with Crippen molar-refractivity contribution < 1.29 is 14.2 Å². The summed E-state index contributed by atoms with van der Waals surface area (Å²) in [5.41, 5.74) is 0.883. The Bertz CT molecular complexity index is 401. The minimum atomic E-state index is -0.174. The molecule has 1 aromatic carbocycles. The van der Waals surface area contributed by atoms with Crippen molar-refractivity contribution in [2.24, 2.45) is 0 Å². The van der Waals surface area contributed by atoms with Crippen molar-refractivity contribution in [1.29, 1.82) is 0 Å². The van der Waals surface area contributed by atoms with Crippen LogP contribution in [0.5, 0.6) is 17.2 Å². The Morgan fingerprint density at radius 3 is 2.44 bits per heavy atom. The van der Waals surface area contributed by atoms with Crippen molar-refractivity contribution in [2.45, 2.75) is 19.4 Å². The van der Waals surface area contributed by atoms with Gasteiger partial charge in [0.05, 0.1) is 7.11 Å². The van der Waals surface area contributed by atoms with Crippen LogP contribution in [0.2, 0.25) is 0 Å². The van der Waals surface area contributed by atoms with E-state index in [9.17, 15) is 0 Å². The van der Waals surface area contributed by atoms with Crippen LogP contribution < -0.4 is 19.5 Å². The first-order chi connectivity index (χ1) is 7.58. The molecular weight excluding hydrogens is 206 g/mol. The van der Waals surface area contributed by atoms with Gasteiger partial charge in [0, 0.05) is 17.2 Å². The Balaban J connectivity index is 2.52. The van der Waals surface area contributed by atoms with Crippen molar-refractivity contribution in [3.63, 3.8) is 0 Å². The molecule has 1 aliphatic rings. The highest BCUT2D eigenvalue weighted by Crippen LogP contribution is 2.41. The minimum absolute atomic E-state index is 0.174. The summed E-state index contributed by atoms with van der Waals surface area (Å²) in [5.74, 6) is 2.33. The SMILES string of the molecule is CNC(C)(C)c1cc2c(cc1OC)OCO2. The first kappa shape index (κ1) is 11.1. The fourth-order valence-corrected chi connectivity index (χ4v) is 1.72. The van der Waals surface area contributed by atoms with Gasteiger partial charge in [0.2, 0.25) is 6.79 Å². The van der Waals surface area contributed by atoms with Gasteiger partial charge in [0.25, 0.3) is 0 Å². The van der Waals surface area contributed by atoms with E-state index >= 15 is 0 Å². The zero-order valence-corrected chi connectivity index (χ0v) is 10.1. The molecule has 0 saturated carbocycles. The van der Waals surface area contributed by atoms with Crippen LogP contribution in [-0.4, -0.2) is 21.0 Å². The van der Waals surface area contributed by atoms with Gasteiger partial charge in [-0.15, -0.1) is 0 Å². The molecule has 0 amide bonds. The van der Waals surface area contributed by atoms with Gasteiger partial charge in [0.1, 0.15) is 5.75 Å². The Kier molecular flexibility index (Phi) is 2.68. The van der Waals surface area contributed by atoms with Crippen LogP contribution in [-0.2, 0) is 5.54 Å². The third kappa shape index (κ3) is 1.69. The molecule has 1 N–H and O–H groups in total. The monoisotopic (exact) mass is 223 g/mol. The summed E-state index contributed by atoms with van der Waals surface area (Å²) in [6.45, 7) is 4.46. The molecule has 0 spiro atoms. The van der Waals surface area contributed by atoms with E-state index in [0.29, 0.717) is 0 Å². The number of methoxy groups -OCH3 is 1. The van der Waals surface area contributed by atoms with E-state index in [-0.39, 0.29) is 12.3 Å². The summed E-state index contributed by atoms with van der Waals surface area (Å²) in [4.78, 5) is 0. The fourth-order valence-electron chi connectivity index (χ4n) is 1.72. The van der Waals surface area contributed by atoms with Crippen LogP contribution in [0.4, 0.5) is 0 Å². The maximum Gasteiger partial charge on any atom is 0.231 e. The molecule has 1 aliphatic heterocycles. The average Bonchev–Trinajstić information content (AvgIpc) is 2.74. The smallest absolute Gasteiger partial charge is 0.231 e. The molecule has 1 aromatic rings. The fraction of sp³-hybridized carbons (Fsp3) is 0.500. The number of hydrogen-bond donors (Lipinski definition) is 1. The maximum atomic E-state index is 5.38. The lowest BCUT2D eigenvalue weighted by molar-refractivity contribution is 0.173. The van der Waals surface area contributed by atoms with Crippen molar-refractivity contribution in [1.82, 2.24) is 5.32 Å². The molecule has 0 saturated heterocycles. The van der Waals surface area contributed by atoms with E-state index in [2.05, 4.69) is 19.2 Å². The Morgan fingerprint density at radius 1 is 1.25 bits per heavy atom. The van der Waals surface area contributed by atoms with E-state index < -0.39 is 0 Å². The first-order valence-electron chi connectivity index (χ1n) is 5.25. The molecule has 16 heavy (non-hydrogen) atoms. The number of nitrogens with one attached hydrogen (secondary N) is 1. The molecule has 88 valence electrons. The summed E-state index contributed by atoms with van der Waals surface area (Å²) in [7, 11) is 3.58. The predicted octanol–water partition coefficient (Wildman–Crippen LogP) is 1.88. The van der Waals surface area contributed by atoms with Crippen LogP contribution >= 0.6 is 0 Å². The van der Waals surface area contributed by atoms with Crippen LogP contribution in [0.25, 0.3) is 0 Å². The topological polar surface area (TPSA) is 39.7 Å². The third-order valence-electron chi connectivity index (χ3n) is 2.99. The molecule has 0 radical (unpaired) electrons. The van der Waals surface area contributed by atoms with Gasteiger partial charge in [-0.05, 0) is 27.0 Å². The van der Waals surface area contributed by atoms with E-state index in [0.717, 1.165) is 22.8 Å². The second-order valence-electron chi connectivity index (χ2n) is 4.28. The summed E-state index contributed by atoms with van der Waals surface area (Å²) in [6.07, 6.45) is 0. The summed E-state index contributed by atoms with van der Waals surface area (Å²) in [6, 6.07) is 3.84. The van der Waals surface area contributed by atoms with E-state index in [4.69, 9.17) is 14.2 Å². The maximum absolute atomic E-state index is 5.38. The Hall–Kier alpha value is -1.42. The second-order valence-corrected chi connectivity index (χ2v) is 4.28. The largest absolute Gasteiger partial charge is 0.496 e. The van der Waals surface area contributed by atoms with E-state index in [1.165, 1.54) is 0 Å². The quantitative estimate of drug-likeness (QED) is 0.849. The summed E-state index contributed by atoms with van der Waals surface area (Å²) < 4.78 is 16.1. The normalized spacial score (nSPS) is 14.0. The highest BCUT2D eigenvalue weighted by atomic mass is 16.7. The lowest BCUT2D eigenvalue weighted by Crippen LogP contribution is -2.33. The van der Waals surface area contributed by atoms with Crippen molar-refractivity contribution in [3.05, 3.63) is 17.7 Å². The number of hydrogen-bond acceptors (Lipinski definition) is 4. The average molecular weight is 223 g/mol. The minimum Gasteiger partial charge on any atom is -0.496 e. The van der Waals surface area contributed by atoms with Gasteiger partial charge in [-0.1, -0.05) is 0 Å². The number of benzene rings is 1. The van der Waals surface area contributed by atoms with Crippen LogP contribution in [0, 0.1) is 0 Å². The van der Waals surface area contributed by atoms with Crippen LogP contribution in [0.3, 0.4) is 0 Å². The molecule has 4 nitrogen and oxygen atoms in total. The second kappa shape index (κ2) is 3.87. The predicted molar refractivity (Wildman–Crippen MR) is 61.2 cm³/mol. The molecule has 2 rings (SSSR count). The van der Waals surface area contributed by atoms with Crippen molar-refractivity contribution >= 4 is 0 Å². The first-order valence-corrected chi connectivity index (χ1v) is 5.25. The molecule has 0 atom stereocenters. The van der Waals surface area contributed by atoms with Gasteiger partial charge in [-0.2, -0.15) is 0 Å². The van der Waals surface area contributed by atoms with Gasteiger partial charge in [0.15, 0.2) is 11.5 Å². The lowest BCUT2D eigenvalue weighted by Gasteiger charge is -2.26. The summed E-state index contributed by atoms with van der Waals surface area (Å²) in [5, 5.41) is 3.25. The lowest BCUT2D eigenvalue weighted by atomic mass is 9.93. The zero-order chi connectivity index (χ0) is 11.8. The van der Waals surface area contributed by atoms with Crippen molar-refractivity contribution in [2.75, 3.05) is 21.0 Å². The van der Waals surface area contributed by atoms with Gasteiger partial charge in [-0.3, -0.25) is 0 Å². The Morgan fingerprint density at radius 2 is 1.88 bits per heavy atom. The molecule has 0 aliphatic carbocycles. The molecule has 0 fully saturated rings. The molecule has 0 bridgehead atoms. The van der Waals surface area contributed by atoms with E-state index in [1.54, 1.807) is 7.11 Å². The number of fused-ring (bicyclic) bond motifs is 1. The van der Waals surface area contributed by atoms with E-state index in [1.807, 2.05) is 19.2 Å². The molecule has 0 aromatic heterocycles. The van der Waals surface area contributed by atoms with Gasteiger partial charge in [-0.25, -0.2) is 0 Å². The standard InChI is InChI=1S/C12H17NO3/c1-12(2,13-3)8-5-10-11(16-7-15-10)6-9(8)14-4/h5-6,13H,7H2,1-4H3. The van der Waals surface area contributed by atoms with Crippen LogP contribution in [0.15, 0.2) is 12.1 Å². The third-order valence-corrected chi connectivity index (χ3v) is 2.99. The Labute approximate surface area is 95.5 Å². The van der Waals surface area contributed by atoms with Crippen LogP contribution in [0.1, 0.15) is 19.4 Å². The highest BCUT2D eigenvalue weighted by Gasteiger charge is 2.26. The number of ether oxygens (including phenoxy) is 3. The molecular formula is C12H17NO3. The molecule has 1 heterocycles. The summed E-state index contributed by atoms with van der Waals surface area (Å²) >= 11 is 0. The van der Waals surface area contributed by atoms with Gasteiger partial charge < -0.3 is 19.5 Å².